The fraction of sp³-hybridized carbons (Fsp3) is 0.296. The summed E-state index contributed by atoms with van der Waals surface area (Å²) in [6.45, 7) is 8.61. The number of nitrogens with zero attached hydrogens (tertiary/aromatic N) is 3. The van der Waals surface area contributed by atoms with Crippen LogP contribution in [0.2, 0.25) is 0 Å². The Balaban J connectivity index is 1.77. The highest BCUT2D eigenvalue weighted by molar-refractivity contribution is 5.76. The number of aromatic nitrogens is 3. The number of fused-ring (bicyclic) bond motifs is 1. The van der Waals surface area contributed by atoms with Crippen molar-refractivity contribution in [3.8, 4) is 0 Å². The second kappa shape index (κ2) is 8.95. The standard InChI is InChI=1S/C27H29N3O2/c1-5-23-29-25-17(2)14-18(3)28-26(25)30(23)16-20-10-9-13-22(15-20)24(19(4)27(31)32)21-11-7-6-8-12-21/h6-15,19,24H,5,16H2,1-4H3,(H,31,32)/t19-,24-/m1/s1. The van der Waals surface area contributed by atoms with Gasteiger partial charge in [-0.15, -0.1) is 0 Å². The maximum absolute atomic E-state index is 11.9. The van der Waals surface area contributed by atoms with Crippen molar-refractivity contribution >= 4 is 17.1 Å². The first kappa shape index (κ1) is 21.8. The van der Waals surface area contributed by atoms with E-state index in [4.69, 9.17) is 9.97 Å². The molecule has 0 spiro atoms. The third kappa shape index (κ3) is 4.15. The summed E-state index contributed by atoms with van der Waals surface area (Å²) in [5.74, 6) is -0.556. The molecule has 1 N–H and O–H groups in total. The molecule has 4 aromatic rings. The van der Waals surface area contributed by atoms with E-state index >= 15 is 0 Å². The molecular weight excluding hydrogens is 398 g/mol. The number of imidazole rings is 1. The quantitative estimate of drug-likeness (QED) is 0.422. The van der Waals surface area contributed by atoms with Gasteiger partial charge in [-0.2, -0.15) is 0 Å². The number of rotatable bonds is 7. The van der Waals surface area contributed by atoms with Gasteiger partial charge in [-0.25, -0.2) is 9.97 Å². The van der Waals surface area contributed by atoms with Crippen molar-refractivity contribution in [2.45, 2.75) is 46.6 Å². The molecule has 0 radical (unpaired) electrons. The van der Waals surface area contributed by atoms with Gasteiger partial charge in [0.2, 0.25) is 0 Å². The fourth-order valence-corrected chi connectivity index (χ4v) is 4.52. The monoisotopic (exact) mass is 427 g/mol. The molecule has 0 unspecified atom stereocenters. The molecule has 32 heavy (non-hydrogen) atoms. The number of pyridine rings is 1. The molecule has 4 rings (SSSR count). The average molecular weight is 428 g/mol. The molecule has 0 bridgehead atoms. The molecule has 2 aromatic heterocycles. The van der Waals surface area contributed by atoms with Crippen LogP contribution >= 0.6 is 0 Å². The zero-order chi connectivity index (χ0) is 22.8. The van der Waals surface area contributed by atoms with Gasteiger partial charge in [0.25, 0.3) is 0 Å². The normalized spacial score (nSPS) is 13.2. The van der Waals surface area contributed by atoms with E-state index in [0.717, 1.165) is 51.4 Å². The number of carboxylic acids is 1. The highest BCUT2D eigenvalue weighted by Gasteiger charge is 2.27. The van der Waals surface area contributed by atoms with Gasteiger partial charge in [0.05, 0.1) is 12.5 Å². The Morgan fingerprint density at radius 1 is 1.00 bits per heavy atom. The van der Waals surface area contributed by atoms with Crippen LogP contribution in [0.5, 0.6) is 0 Å². The van der Waals surface area contributed by atoms with E-state index in [1.807, 2.05) is 49.4 Å². The number of hydrogen-bond donors (Lipinski definition) is 1. The highest BCUT2D eigenvalue weighted by Crippen LogP contribution is 2.33. The molecule has 0 fully saturated rings. The molecule has 0 aliphatic rings. The molecular formula is C27H29N3O2. The number of carboxylic acid groups (broad SMARTS) is 1. The molecule has 164 valence electrons. The highest BCUT2D eigenvalue weighted by atomic mass is 16.4. The summed E-state index contributed by atoms with van der Waals surface area (Å²) in [7, 11) is 0. The summed E-state index contributed by atoms with van der Waals surface area (Å²) < 4.78 is 2.19. The molecule has 2 atom stereocenters. The van der Waals surface area contributed by atoms with Crippen molar-refractivity contribution in [2.24, 2.45) is 5.92 Å². The number of carbonyl (C=O) groups is 1. The first-order valence-electron chi connectivity index (χ1n) is 11.1. The number of aliphatic carboxylic acids is 1. The Bertz CT molecular complexity index is 1260. The van der Waals surface area contributed by atoms with Crippen LogP contribution in [0.4, 0.5) is 0 Å². The second-order valence-electron chi connectivity index (χ2n) is 8.48. The first-order chi connectivity index (χ1) is 15.4. The van der Waals surface area contributed by atoms with Crippen LogP contribution in [0, 0.1) is 19.8 Å². The van der Waals surface area contributed by atoms with Gasteiger partial charge in [-0.1, -0.05) is 68.4 Å². The molecule has 0 amide bonds. The average Bonchev–Trinajstić information content (AvgIpc) is 3.12. The van der Waals surface area contributed by atoms with E-state index in [1.165, 1.54) is 0 Å². The summed E-state index contributed by atoms with van der Waals surface area (Å²) in [6.07, 6.45) is 0.817. The van der Waals surface area contributed by atoms with Crippen LogP contribution < -0.4 is 0 Å². The maximum Gasteiger partial charge on any atom is 0.307 e. The number of hydrogen-bond acceptors (Lipinski definition) is 3. The Hall–Kier alpha value is -3.47. The van der Waals surface area contributed by atoms with Crippen LogP contribution in [0.15, 0.2) is 60.7 Å². The number of aryl methyl sites for hydroxylation is 3. The lowest BCUT2D eigenvalue weighted by molar-refractivity contribution is -0.141. The minimum atomic E-state index is -0.798. The minimum Gasteiger partial charge on any atom is -0.481 e. The lowest BCUT2D eigenvalue weighted by atomic mass is 9.81. The molecule has 2 aromatic carbocycles. The van der Waals surface area contributed by atoms with E-state index in [-0.39, 0.29) is 5.92 Å². The van der Waals surface area contributed by atoms with Gasteiger partial charge in [0.15, 0.2) is 5.65 Å². The van der Waals surface area contributed by atoms with Crippen molar-refractivity contribution < 1.29 is 9.90 Å². The van der Waals surface area contributed by atoms with Crippen molar-refractivity contribution in [3.63, 3.8) is 0 Å². The molecule has 5 nitrogen and oxygen atoms in total. The van der Waals surface area contributed by atoms with E-state index in [2.05, 4.69) is 36.6 Å². The van der Waals surface area contributed by atoms with Crippen LogP contribution in [0.1, 0.15) is 53.5 Å². The van der Waals surface area contributed by atoms with Crippen molar-refractivity contribution in [1.82, 2.24) is 14.5 Å². The molecule has 0 aliphatic carbocycles. The Kier molecular flexibility index (Phi) is 6.08. The predicted molar refractivity (Wildman–Crippen MR) is 127 cm³/mol. The lowest BCUT2D eigenvalue weighted by Crippen LogP contribution is -2.20. The Morgan fingerprint density at radius 3 is 2.41 bits per heavy atom. The van der Waals surface area contributed by atoms with Crippen LogP contribution in [0.3, 0.4) is 0 Å². The van der Waals surface area contributed by atoms with Gasteiger partial charge >= 0.3 is 5.97 Å². The van der Waals surface area contributed by atoms with E-state index < -0.39 is 11.9 Å². The van der Waals surface area contributed by atoms with Crippen LogP contribution in [-0.2, 0) is 17.8 Å². The summed E-state index contributed by atoms with van der Waals surface area (Å²) in [4.78, 5) is 21.5. The molecule has 5 heteroatoms. The van der Waals surface area contributed by atoms with Gasteiger partial charge in [0, 0.05) is 18.0 Å². The summed E-state index contributed by atoms with van der Waals surface area (Å²) >= 11 is 0. The van der Waals surface area contributed by atoms with Gasteiger partial charge < -0.3 is 9.67 Å². The van der Waals surface area contributed by atoms with Crippen molar-refractivity contribution in [1.29, 1.82) is 0 Å². The zero-order valence-electron chi connectivity index (χ0n) is 19.0. The van der Waals surface area contributed by atoms with Crippen molar-refractivity contribution in [2.75, 3.05) is 0 Å². The fourth-order valence-electron chi connectivity index (χ4n) is 4.52. The zero-order valence-corrected chi connectivity index (χ0v) is 19.0. The smallest absolute Gasteiger partial charge is 0.307 e. The van der Waals surface area contributed by atoms with Crippen molar-refractivity contribution in [3.05, 3.63) is 94.4 Å². The summed E-state index contributed by atoms with van der Waals surface area (Å²) in [5.41, 5.74) is 7.09. The number of benzene rings is 2. The first-order valence-corrected chi connectivity index (χ1v) is 11.1. The van der Waals surface area contributed by atoms with Gasteiger partial charge in [0.1, 0.15) is 11.3 Å². The molecule has 2 heterocycles. The largest absolute Gasteiger partial charge is 0.481 e. The second-order valence-corrected chi connectivity index (χ2v) is 8.48. The van der Waals surface area contributed by atoms with Gasteiger partial charge in [-0.3, -0.25) is 4.79 Å². The maximum atomic E-state index is 11.9. The topological polar surface area (TPSA) is 68.0 Å². The molecule has 0 saturated carbocycles. The molecule has 0 aliphatic heterocycles. The van der Waals surface area contributed by atoms with E-state index in [9.17, 15) is 9.90 Å². The van der Waals surface area contributed by atoms with E-state index in [1.54, 1.807) is 6.92 Å². The Labute approximate surface area is 188 Å². The van der Waals surface area contributed by atoms with Gasteiger partial charge in [-0.05, 0) is 42.2 Å². The summed E-state index contributed by atoms with van der Waals surface area (Å²) in [5, 5.41) is 9.77. The third-order valence-electron chi connectivity index (χ3n) is 6.12. The predicted octanol–water partition coefficient (Wildman–Crippen LogP) is 5.51. The Morgan fingerprint density at radius 2 is 1.72 bits per heavy atom. The summed E-state index contributed by atoms with van der Waals surface area (Å²) in [6, 6.07) is 20.2. The molecule has 0 saturated heterocycles. The minimum absolute atomic E-state index is 0.221. The third-order valence-corrected chi connectivity index (χ3v) is 6.12. The SMILES string of the molecule is CCc1nc2c(C)cc(C)nc2n1Cc1cccc([C@@H](c2ccccc2)[C@@H](C)C(=O)O)c1. The lowest BCUT2D eigenvalue weighted by Gasteiger charge is -2.23. The van der Waals surface area contributed by atoms with E-state index in [0.29, 0.717) is 6.54 Å². The van der Waals surface area contributed by atoms with Crippen LogP contribution in [-0.4, -0.2) is 25.6 Å². The van der Waals surface area contributed by atoms with Crippen LogP contribution in [0.25, 0.3) is 11.2 Å².